The van der Waals surface area contributed by atoms with E-state index in [2.05, 4.69) is 29.8 Å². The molecular formula is C20H23NO3S. The predicted octanol–water partition coefficient (Wildman–Crippen LogP) is 4.09. The van der Waals surface area contributed by atoms with E-state index in [1.807, 2.05) is 18.2 Å². The van der Waals surface area contributed by atoms with Crippen LogP contribution < -0.4 is 10.1 Å². The number of aliphatic carboxylic acids is 1. The van der Waals surface area contributed by atoms with Crippen LogP contribution in [0.15, 0.2) is 35.7 Å². The topological polar surface area (TPSA) is 58.6 Å². The quantitative estimate of drug-likeness (QED) is 0.733. The molecule has 0 spiro atoms. The SMILES string of the molecule is CCCNCC/C=C1\c2cc(CC(=O)O)ccc2OCc2ccsc21. The van der Waals surface area contributed by atoms with Crippen LogP contribution in [0, 0.1) is 0 Å². The molecule has 0 fully saturated rings. The third kappa shape index (κ3) is 4.30. The predicted molar refractivity (Wildman–Crippen MR) is 101 cm³/mol. The molecule has 2 aromatic rings. The Morgan fingerprint density at radius 3 is 3.04 bits per heavy atom. The molecule has 0 radical (unpaired) electrons. The third-order valence-corrected chi connectivity index (χ3v) is 5.15. The summed E-state index contributed by atoms with van der Waals surface area (Å²) in [7, 11) is 0. The Morgan fingerprint density at radius 1 is 1.36 bits per heavy atom. The lowest BCUT2D eigenvalue weighted by Gasteiger charge is -2.11. The summed E-state index contributed by atoms with van der Waals surface area (Å²) < 4.78 is 5.97. The van der Waals surface area contributed by atoms with E-state index < -0.39 is 5.97 Å². The highest BCUT2D eigenvalue weighted by Crippen LogP contribution is 2.40. The van der Waals surface area contributed by atoms with E-state index in [0.29, 0.717) is 6.61 Å². The smallest absolute Gasteiger partial charge is 0.307 e. The first-order chi connectivity index (χ1) is 12.2. The van der Waals surface area contributed by atoms with Crippen LogP contribution in [-0.2, 0) is 17.8 Å². The van der Waals surface area contributed by atoms with Gasteiger partial charge >= 0.3 is 5.97 Å². The summed E-state index contributed by atoms with van der Waals surface area (Å²) in [5.74, 6) is 0.00547. The monoisotopic (exact) mass is 357 g/mol. The standard InChI is InChI=1S/C20H23NO3S/c1-2-8-21-9-3-4-16-17-11-14(12-19(22)23)5-6-18(17)24-13-15-7-10-25-20(15)16/h4-7,10-11,21H,2-3,8-9,12-13H2,1H3,(H,22,23)/b16-4+. The van der Waals surface area contributed by atoms with Gasteiger partial charge in [-0.3, -0.25) is 4.79 Å². The Hall–Kier alpha value is -2.11. The number of rotatable bonds is 7. The van der Waals surface area contributed by atoms with Gasteiger partial charge in [-0.1, -0.05) is 19.1 Å². The maximum Gasteiger partial charge on any atom is 0.307 e. The van der Waals surface area contributed by atoms with Gasteiger partial charge in [0.2, 0.25) is 0 Å². The van der Waals surface area contributed by atoms with Crippen molar-refractivity contribution in [1.29, 1.82) is 0 Å². The molecule has 0 atom stereocenters. The number of hydrogen-bond acceptors (Lipinski definition) is 4. The van der Waals surface area contributed by atoms with Gasteiger partial charge in [-0.15, -0.1) is 11.3 Å². The molecule has 0 bridgehead atoms. The molecule has 1 aliphatic heterocycles. The van der Waals surface area contributed by atoms with Gasteiger partial charge in [-0.05, 0) is 60.6 Å². The lowest BCUT2D eigenvalue weighted by Crippen LogP contribution is -2.15. The fraction of sp³-hybridized carbons (Fsp3) is 0.350. The highest BCUT2D eigenvalue weighted by Gasteiger charge is 2.21. The minimum Gasteiger partial charge on any atom is -0.488 e. The van der Waals surface area contributed by atoms with Gasteiger partial charge in [0.05, 0.1) is 6.42 Å². The fourth-order valence-electron chi connectivity index (χ4n) is 2.98. The van der Waals surface area contributed by atoms with E-state index in [1.165, 1.54) is 10.4 Å². The summed E-state index contributed by atoms with van der Waals surface area (Å²) >= 11 is 1.71. The molecule has 2 N–H and O–H groups in total. The molecule has 3 rings (SSSR count). The largest absolute Gasteiger partial charge is 0.488 e. The Kier molecular flexibility index (Phi) is 5.89. The van der Waals surface area contributed by atoms with E-state index in [-0.39, 0.29) is 6.42 Å². The molecule has 1 aliphatic rings. The second-order valence-corrected chi connectivity index (χ2v) is 7.04. The molecule has 2 heterocycles. The van der Waals surface area contributed by atoms with Gasteiger partial charge < -0.3 is 15.2 Å². The van der Waals surface area contributed by atoms with Crippen molar-refractivity contribution >= 4 is 22.9 Å². The Balaban J connectivity index is 1.95. The second-order valence-electron chi connectivity index (χ2n) is 6.12. The maximum absolute atomic E-state index is 11.1. The Bertz CT molecular complexity index is 779. The number of benzene rings is 1. The van der Waals surface area contributed by atoms with Crippen molar-refractivity contribution in [1.82, 2.24) is 5.32 Å². The van der Waals surface area contributed by atoms with Crippen LogP contribution in [0.3, 0.4) is 0 Å². The Morgan fingerprint density at radius 2 is 2.24 bits per heavy atom. The van der Waals surface area contributed by atoms with Crippen molar-refractivity contribution in [3.05, 3.63) is 57.3 Å². The lowest BCUT2D eigenvalue weighted by molar-refractivity contribution is -0.136. The van der Waals surface area contributed by atoms with Gasteiger partial charge in [0, 0.05) is 16.0 Å². The number of carboxylic acids is 1. The number of carboxylic acid groups (broad SMARTS) is 1. The minimum atomic E-state index is -0.819. The minimum absolute atomic E-state index is 0.0237. The third-order valence-electron chi connectivity index (χ3n) is 4.16. The molecule has 0 unspecified atom stereocenters. The average Bonchev–Trinajstić information content (AvgIpc) is 2.99. The van der Waals surface area contributed by atoms with Gasteiger partial charge in [0.1, 0.15) is 12.4 Å². The molecule has 25 heavy (non-hydrogen) atoms. The van der Waals surface area contributed by atoms with E-state index in [1.54, 1.807) is 11.3 Å². The number of fused-ring (bicyclic) bond motifs is 2. The molecule has 0 saturated heterocycles. The summed E-state index contributed by atoms with van der Waals surface area (Å²) in [6.45, 7) is 4.67. The maximum atomic E-state index is 11.1. The van der Waals surface area contributed by atoms with Crippen LogP contribution in [0.25, 0.3) is 5.57 Å². The highest BCUT2D eigenvalue weighted by atomic mass is 32.1. The summed E-state index contributed by atoms with van der Waals surface area (Å²) in [4.78, 5) is 12.3. The summed E-state index contributed by atoms with van der Waals surface area (Å²) in [6, 6.07) is 7.80. The molecule has 0 aliphatic carbocycles. The zero-order valence-electron chi connectivity index (χ0n) is 14.4. The molecule has 0 saturated carbocycles. The van der Waals surface area contributed by atoms with Crippen LogP contribution in [0.5, 0.6) is 5.75 Å². The van der Waals surface area contributed by atoms with E-state index in [4.69, 9.17) is 9.84 Å². The van der Waals surface area contributed by atoms with Gasteiger partial charge in [-0.25, -0.2) is 0 Å². The molecule has 1 aromatic carbocycles. The van der Waals surface area contributed by atoms with Gasteiger partial charge in [0.15, 0.2) is 0 Å². The van der Waals surface area contributed by atoms with Crippen molar-refractivity contribution in [3.8, 4) is 5.75 Å². The molecular weight excluding hydrogens is 334 g/mol. The van der Waals surface area contributed by atoms with Crippen molar-refractivity contribution in [3.63, 3.8) is 0 Å². The van der Waals surface area contributed by atoms with Crippen molar-refractivity contribution in [2.45, 2.75) is 32.8 Å². The number of thiophene rings is 1. The number of hydrogen-bond donors (Lipinski definition) is 2. The molecule has 1 aromatic heterocycles. The Labute approximate surface area is 152 Å². The normalized spacial score (nSPS) is 14.5. The molecule has 132 valence electrons. The van der Waals surface area contributed by atoms with Crippen LogP contribution in [-0.4, -0.2) is 24.2 Å². The highest BCUT2D eigenvalue weighted by molar-refractivity contribution is 7.11. The van der Waals surface area contributed by atoms with Crippen molar-refractivity contribution in [2.24, 2.45) is 0 Å². The molecule has 0 amide bonds. The second kappa shape index (κ2) is 8.32. The molecule has 4 nitrogen and oxygen atoms in total. The van der Waals surface area contributed by atoms with E-state index >= 15 is 0 Å². The summed E-state index contributed by atoms with van der Waals surface area (Å²) in [6.07, 6.45) is 4.32. The van der Waals surface area contributed by atoms with Crippen LogP contribution in [0.1, 0.15) is 41.3 Å². The lowest BCUT2D eigenvalue weighted by atomic mass is 9.97. The first kappa shape index (κ1) is 17.7. The van der Waals surface area contributed by atoms with Crippen LogP contribution in [0.4, 0.5) is 0 Å². The zero-order chi connectivity index (χ0) is 17.6. The number of carbonyl (C=O) groups is 1. The van der Waals surface area contributed by atoms with Crippen LogP contribution in [0.2, 0.25) is 0 Å². The summed E-state index contributed by atoms with van der Waals surface area (Å²) in [5, 5.41) is 14.6. The first-order valence-corrected chi connectivity index (χ1v) is 9.52. The molecule has 5 heteroatoms. The number of ether oxygens (including phenoxy) is 1. The van der Waals surface area contributed by atoms with Crippen molar-refractivity contribution < 1.29 is 14.6 Å². The first-order valence-electron chi connectivity index (χ1n) is 8.64. The van der Waals surface area contributed by atoms with Crippen LogP contribution >= 0.6 is 11.3 Å². The zero-order valence-corrected chi connectivity index (χ0v) is 15.2. The van der Waals surface area contributed by atoms with Crippen molar-refractivity contribution in [2.75, 3.05) is 13.1 Å². The van der Waals surface area contributed by atoms with E-state index in [0.717, 1.165) is 48.4 Å². The summed E-state index contributed by atoms with van der Waals surface area (Å²) in [5.41, 5.74) is 4.14. The van der Waals surface area contributed by atoms with Gasteiger partial charge in [-0.2, -0.15) is 0 Å². The average molecular weight is 357 g/mol. The van der Waals surface area contributed by atoms with E-state index in [9.17, 15) is 4.79 Å². The number of nitrogens with one attached hydrogen (secondary N) is 1. The fourth-order valence-corrected chi connectivity index (χ4v) is 3.95. The van der Waals surface area contributed by atoms with Gasteiger partial charge in [0.25, 0.3) is 0 Å².